The molecule has 0 aliphatic heterocycles. The topological polar surface area (TPSA) is 17.1 Å². The van der Waals surface area contributed by atoms with Crippen LogP contribution in [0.25, 0.3) is 0 Å². The first-order chi connectivity index (χ1) is 5.23. The number of halogens is 5. The maximum absolute atomic E-state index is 12.0. The minimum atomic E-state index is -5.82. The number of hydrogen-bond acceptors (Lipinski definition) is 1. The molecule has 6 heteroatoms. The maximum atomic E-state index is 12.0. The van der Waals surface area contributed by atoms with E-state index in [0.717, 1.165) is 6.08 Å². The van der Waals surface area contributed by atoms with Gasteiger partial charge in [0.25, 0.3) is 0 Å². The predicted octanol–water partition coefficient (Wildman–Crippen LogP) is 2.33. The lowest BCUT2D eigenvalue weighted by atomic mass is 10.2. The molecule has 0 aromatic carbocycles. The standard InChI is InChI=1S/C6H5F5O/c1-2-3-4(12)5(7,8)6(9,10)11/h2-3H,1H3/b3-2+. The smallest absolute Gasteiger partial charge is 0.288 e. The Kier molecular flexibility index (Phi) is 2.95. The van der Waals surface area contributed by atoms with Gasteiger partial charge in [-0.2, -0.15) is 22.0 Å². The fourth-order valence-corrected chi connectivity index (χ4v) is 0.396. The molecule has 0 amide bonds. The van der Waals surface area contributed by atoms with Crippen LogP contribution in [0.4, 0.5) is 22.0 Å². The van der Waals surface area contributed by atoms with Gasteiger partial charge < -0.3 is 0 Å². The Labute approximate surface area is 64.9 Å². The summed E-state index contributed by atoms with van der Waals surface area (Å²) in [6.45, 7) is 1.17. The van der Waals surface area contributed by atoms with Crippen molar-refractivity contribution in [1.82, 2.24) is 0 Å². The van der Waals surface area contributed by atoms with Crippen LogP contribution in [0.2, 0.25) is 0 Å². The zero-order chi connectivity index (χ0) is 9.99. The van der Waals surface area contributed by atoms with Crippen molar-refractivity contribution in [3.05, 3.63) is 12.2 Å². The molecule has 0 aromatic rings. The van der Waals surface area contributed by atoms with Gasteiger partial charge in [-0.1, -0.05) is 6.08 Å². The first kappa shape index (κ1) is 11.1. The molecule has 12 heavy (non-hydrogen) atoms. The van der Waals surface area contributed by atoms with Crippen molar-refractivity contribution in [3.63, 3.8) is 0 Å². The Bertz CT molecular complexity index is 202. The highest BCUT2D eigenvalue weighted by Gasteiger charge is 2.62. The van der Waals surface area contributed by atoms with E-state index >= 15 is 0 Å². The van der Waals surface area contributed by atoms with Gasteiger partial charge in [0.15, 0.2) is 0 Å². The number of ketones is 1. The van der Waals surface area contributed by atoms with Gasteiger partial charge in [0.2, 0.25) is 5.78 Å². The van der Waals surface area contributed by atoms with Gasteiger partial charge in [-0.15, -0.1) is 0 Å². The monoisotopic (exact) mass is 188 g/mol. The van der Waals surface area contributed by atoms with E-state index in [1.54, 1.807) is 0 Å². The molecule has 0 aliphatic rings. The van der Waals surface area contributed by atoms with Crippen LogP contribution in [0, 0.1) is 0 Å². The number of alkyl halides is 5. The lowest BCUT2D eigenvalue weighted by Gasteiger charge is -2.15. The Hall–Kier alpha value is -0.940. The van der Waals surface area contributed by atoms with Crippen molar-refractivity contribution < 1.29 is 26.7 Å². The van der Waals surface area contributed by atoms with Gasteiger partial charge in [-0.25, -0.2) is 0 Å². The van der Waals surface area contributed by atoms with Crippen LogP contribution in [0.15, 0.2) is 12.2 Å². The van der Waals surface area contributed by atoms with E-state index in [1.807, 2.05) is 0 Å². The molecular formula is C6H5F5O. The molecule has 0 rings (SSSR count). The second-order valence-electron chi connectivity index (χ2n) is 1.94. The van der Waals surface area contributed by atoms with E-state index in [9.17, 15) is 26.7 Å². The Balaban J connectivity index is 4.74. The Morgan fingerprint density at radius 3 is 1.83 bits per heavy atom. The quantitative estimate of drug-likeness (QED) is 0.480. The first-order valence-corrected chi connectivity index (χ1v) is 2.85. The molecule has 0 spiro atoms. The van der Waals surface area contributed by atoms with E-state index in [4.69, 9.17) is 0 Å². The highest BCUT2D eigenvalue weighted by Crippen LogP contribution is 2.36. The second kappa shape index (κ2) is 3.20. The number of carbonyl (C=O) groups is 1. The molecule has 0 fully saturated rings. The van der Waals surface area contributed by atoms with Crippen molar-refractivity contribution in [2.45, 2.75) is 19.0 Å². The van der Waals surface area contributed by atoms with E-state index in [0.29, 0.717) is 0 Å². The summed E-state index contributed by atoms with van der Waals surface area (Å²) in [5.74, 6) is -7.53. The summed E-state index contributed by atoms with van der Waals surface area (Å²) in [7, 11) is 0. The largest absolute Gasteiger partial charge is 0.461 e. The summed E-state index contributed by atoms with van der Waals surface area (Å²) in [5, 5.41) is 0. The lowest BCUT2D eigenvalue weighted by molar-refractivity contribution is -0.266. The highest BCUT2D eigenvalue weighted by molar-refractivity contribution is 5.96. The minimum absolute atomic E-state index is 0.188. The van der Waals surface area contributed by atoms with E-state index in [1.165, 1.54) is 6.92 Å². The third kappa shape index (κ3) is 2.02. The normalized spacial score (nSPS) is 13.8. The molecule has 0 atom stereocenters. The molecule has 0 saturated heterocycles. The van der Waals surface area contributed by atoms with Crippen molar-refractivity contribution >= 4 is 5.78 Å². The van der Waals surface area contributed by atoms with E-state index in [-0.39, 0.29) is 6.08 Å². The zero-order valence-electron chi connectivity index (χ0n) is 5.95. The van der Waals surface area contributed by atoms with Crippen molar-refractivity contribution in [2.75, 3.05) is 0 Å². The van der Waals surface area contributed by atoms with Crippen LogP contribution in [0.5, 0.6) is 0 Å². The molecule has 0 radical (unpaired) electrons. The lowest BCUT2D eigenvalue weighted by Crippen LogP contribution is -2.43. The average Bonchev–Trinajstić information content (AvgIpc) is 1.85. The summed E-state index contributed by atoms with van der Waals surface area (Å²) in [6, 6.07) is 0. The number of allylic oxidation sites excluding steroid dienone is 2. The van der Waals surface area contributed by atoms with Gasteiger partial charge in [0.1, 0.15) is 0 Å². The number of carbonyl (C=O) groups excluding carboxylic acids is 1. The summed E-state index contributed by atoms with van der Waals surface area (Å²) < 4.78 is 58.2. The molecule has 0 saturated carbocycles. The molecule has 0 aromatic heterocycles. The Morgan fingerprint density at radius 1 is 1.17 bits per heavy atom. The Morgan fingerprint density at radius 2 is 1.58 bits per heavy atom. The third-order valence-corrected chi connectivity index (χ3v) is 0.984. The van der Waals surface area contributed by atoms with E-state index in [2.05, 4.69) is 0 Å². The van der Waals surface area contributed by atoms with Gasteiger partial charge in [0, 0.05) is 0 Å². The van der Waals surface area contributed by atoms with Gasteiger partial charge >= 0.3 is 12.1 Å². The summed E-state index contributed by atoms with van der Waals surface area (Å²) in [4.78, 5) is 10.2. The summed E-state index contributed by atoms with van der Waals surface area (Å²) in [5.41, 5.74) is 0. The number of hydrogen-bond donors (Lipinski definition) is 0. The molecule has 1 nitrogen and oxygen atoms in total. The maximum Gasteiger partial charge on any atom is 0.461 e. The SMILES string of the molecule is C/C=C/C(=O)C(F)(F)C(F)(F)F. The van der Waals surface area contributed by atoms with Gasteiger partial charge in [-0.3, -0.25) is 4.79 Å². The van der Waals surface area contributed by atoms with Crippen molar-refractivity contribution in [1.29, 1.82) is 0 Å². The molecule has 70 valence electrons. The molecular weight excluding hydrogens is 183 g/mol. The van der Waals surface area contributed by atoms with Gasteiger partial charge in [0.05, 0.1) is 0 Å². The molecule has 0 N–H and O–H groups in total. The fourth-order valence-electron chi connectivity index (χ4n) is 0.396. The molecule has 0 bridgehead atoms. The first-order valence-electron chi connectivity index (χ1n) is 2.85. The summed E-state index contributed by atoms with van der Waals surface area (Å²) >= 11 is 0. The molecule has 0 aliphatic carbocycles. The van der Waals surface area contributed by atoms with E-state index < -0.39 is 17.9 Å². The fraction of sp³-hybridized carbons (Fsp3) is 0.500. The van der Waals surface area contributed by atoms with Crippen LogP contribution in [0.3, 0.4) is 0 Å². The predicted molar refractivity (Wildman–Crippen MR) is 30.8 cm³/mol. The summed E-state index contributed by atoms with van der Waals surface area (Å²) in [6.07, 6.45) is -4.81. The molecule has 0 heterocycles. The minimum Gasteiger partial charge on any atom is -0.288 e. The third-order valence-electron chi connectivity index (χ3n) is 0.984. The van der Waals surface area contributed by atoms with Crippen LogP contribution in [-0.4, -0.2) is 17.9 Å². The van der Waals surface area contributed by atoms with Crippen LogP contribution < -0.4 is 0 Å². The van der Waals surface area contributed by atoms with Gasteiger partial charge in [-0.05, 0) is 13.0 Å². The average molecular weight is 188 g/mol. The van der Waals surface area contributed by atoms with Crippen molar-refractivity contribution in [2.24, 2.45) is 0 Å². The van der Waals surface area contributed by atoms with Crippen LogP contribution in [-0.2, 0) is 4.79 Å². The van der Waals surface area contributed by atoms with Crippen LogP contribution in [0.1, 0.15) is 6.92 Å². The van der Waals surface area contributed by atoms with Crippen LogP contribution >= 0.6 is 0 Å². The number of rotatable bonds is 2. The zero-order valence-corrected chi connectivity index (χ0v) is 5.95. The second-order valence-corrected chi connectivity index (χ2v) is 1.94. The van der Waals surface area contributed by atoms with Crippen molar-refractivity contribution in [3.8, 4) is 0 Å². The highest BCUT2D eigenvalue weighted by atomic mass is 19.4. The molecule has 0 unspecified atom stereocenters.